The van der Waals surface area contributed by atoms with Crippen LogP contribution in [0.5, 0.6) is 0 Å². The summed E-state index contributed by atoms with van der Waals surface area (Å²) in [4.78, 5) is 12.0. The summed E-state index contributed by atoms with van der Waals surface area (Å²) in [7, 11) is 0. The van der Waals surface area contributed by atoms with Crippen molar-refractivity contribution >= 4 is 34.1 Å². The van der Waals surface area contributed by atoms with Crippen LogP contribution in [0.3, 0.4) is 0 Å². The zero-order valence-electron chi connectivity index (χ0n) is 11.1. The zero-order chi connectivity index (χ0) is 13.2. The molecule has 2 saturated carbocycles. The third-order valence-electron chi connectivity index (χ3n) is 4.25. The van der Waals surface area contributed by atoms with Crippen LogP contribution >= 0.6 is 23.1 Å². The predicted octanol–water partition coefficient (Wildman–Crippen LogP) is 3.41. The molecule has 2 aliphatic carbocycles. The van der Waals surface area contributed by atoms with Crippen LogP contribution in [0.2, 0.25) is 0 Å². The number of aromatic nitrogens is 2. The van der Waals surface area contributed by atoms with Crippen LogP contribution in [0.4, 0.5) is 5.13 Å². The fourth-order valence-corrected chi connectivity index (χ4v) is 5.14. The van der Waals surface area contributed by atoms with Crippen LogP contribution in [-0.2, 0) is 4.79 Å². The average Bonchev–Trinajstić information content (AvgIpc) is 3.06. The predicted molar refractivity (Wildman–Crippen MR) is 78.5 cm³/mol. The second-order valence-corrected chi connectivity index (χ2v) is 7.98. The van der Waals surface area contributed by atoms with Crippen LogP contribution in [0, 0.1) is 17.8 Å². The molecule has 2 aliphatic rings. The van der Waals surface area contributed by atoms with Gasteiger partial charge in [-0.2, -0.15) is 0 Å². The Morgan fingerprint density at radius 2 is 2.32 bits per heavy atom. The molecular weight excluding hydrogens is 278 g/mol. The van der Waals surface area contributed by atoms with Gasteiger partial charge in [0.25, 0.3) is 0 Å². The first-order valence-corrected chi connectivity index (χ1v) is 8.81. The van der Waals surface area contributed by atoms with E-state index in [0.717, 1.165) is 21.9 Å². The van der Waals surface area contributed by atoms with Crippen molar-refractivity contribution in [1.82, 2.24) is 10.2 Å². The molecule has 0 aromatic carbocycles. The van der Waals surface area contributed by atoms with E-state index < -0.39 is 0 Å². The summed E-state index contributed by atoms with van der Waals surface area (Å²) in [5.74, 6) is 3.40. The highest BCUT2D eigenvalue weighted by molar-refractivity contribution is 8.01. The smallest absolute Gasteiger partial charge is 0.226 e. The van der Waals surface area contributed by atoms with Gasteiger partial charge in [0.05, 0.1) is 0 Å². The standard InChI is InChI=1S/C13H19N3OS2/c1-2-18-13-16-15-12(19-13)14-11(17)7-10-6-8-3-4-9(10)5-8/h8-10H,2-7H2,1H3,(H,14,15,17)/t8-,9-,10+/m1/s1. The van der Waals surface area contributed by atoms with Crippen LogP contribution in [0.25, 0.3) is 0 Å². The van der Waals surface area contributed by atoms with Gasteiger partial charge < -0.3 is 5.32 Å². The van der Waals surface area contributed by atoms with Crippen LogP contribution in [-0.4, -0.2) is 21.9 Å². The molecule has 1 aromatic rings. The molecule has 0 aliphatic heterocycles. The topological polar surface area (TPSA) is 54.9 Å². The number of nitrogens with zero attached hydrogens (tertiary/aromatic N) is 2. The number of fused-ring (bicyclic) bond motifs is 2. The van der Waals surface area contributed by atoms with E-state index in [1.807, 2.05) is 0 Å². The summed E-state index contributed by atoms with van der Waals surface area (Å²) in [6.45, 7) is 2.08. The summed E-state index contributed by atoms with van der Waals surface area (Å²) in [5.41, 5.74) is 0. The van der Waals surface area contributed by atoms with Gasteiger partial charge in [0, 0.05) is 6.42 Å². The van der Waals surface area contributed by atoms with Gasteiger partial charge in [-0.05, 0) is 42.8 Å². The molecule has 1 amide bonds. The lowest BCUT2D eigenvalue weighted by Gasteiger charge is -2.20. The zero-order valence-corrected chi connectivity index (χ0v) is 12.7. The van der Waals surface area contributed by atoms with E-state index in [4.69, 9.17) is 0 Å². The fourth-order valence-electron chi connectivity index (χ4n) is 3.48. The minimum atomic E-state index is 0.113. The Kier molecular flexibility index (Phi) is 4.07. The molecule has 6 heteroatoms. The van der Waals surface area contributed by atoms with Crippen molar-refractivity contribution in [2.45, 2.75) is 43.4 Å². The molecular formula is C13H19N3OS2. The number of carbonyl (C=O) groups is 1. The van der Waals surface area contributed by atoms with Gasteiger partial charge in [0.1, 0.15) is 0 Å². The van der Waals surface area contributed by atoms with E-state index in [1.54, 1.807) is 11.8 Å². The number of nitrogens with one attached hydrogen (secondary N) is 1. The number of carbonyl (C=O) groups excluding carboxylic acids is 1. The van der Waals surface area contributed by atoms with Crippen molar-refractivity contribution in [3.8, 4) is 0 Å². The average molecular weight is 297 g/mol. The van der Waals surface area contributed by atoms with Gasteiger partial charge in [-0.15, -0.1) is 10.2 Å². The number of anilines is 1. The van der Waals surface area contributed by atoms with Crippen molar-refractivity contribution in [2.24, 2.45) is 17.8 Å². The van der Waals surface area contributed by atoms with Crippen LogP contribution < -0.4 is 5.32 Å². The lowest BCUT2D eigenvalue weighted by molar-refractivity contribution is -0.117. The second-order valence-electron chi connectivity index (χ2n) is 5.49. The van der Waals surface area contributed by atoms with E-state index in [-0.39, 0.29) is 5.91 Å². The highest BCUT2D eigenvalue weighted by Gasteiger charge is 2.40. The summed E-state index contributed by atoms with van der Waals surface area (Å²) >= 11 is 3.13. The van der Waals surface area contributed by atoms with Crippen LogP contribution in [0.15, 0.2) is 4.34 Å². The monoisotopic (exact) mass is 297 g/mol. The summed E-state index contributed by atoms with van der Waals surface area (Å²) in [5, 5.41) is 11.6. The molecule has 19 heavy (non-hydrogen) atoms. The molecule has 1 N–H and O–H groups in total. The molecule has 3 rings (SSSR count). The summed E-state index contributed by atoms with van der Waals surface area (Å²) < 4.78 is 0.928. The van der Waals surface area contributed by atoms with Crippen molar-refractivity contribution in [1.29, 1.82) is 0 Å². The lowest BCUT2D eigenvalue weighted by atomic mass is 9.86. The van der Waals surface area contributed by atoms with E-state index >= 15 is 0 Å². The molecule has 2 bridgehead atoms. The van der Waals surface area contributed by atoms with Gasteiger partial charge in [-0.1, -0.05) is 36.4 Å². The Labute approximate surface area is 121 Å². The molecule has 0 saturated heterocycles. The lowest BCUT2D eigenvalue weighted by Crippen LogP contribution is -2.20. The van der Waals surface area contributed by atoms with Gasteiger partial charge >= 0.3 is 0 Å². The highest BCUT2D eigenvalue weighted by atomic mass is 32.2. The largest absolute Gasteiger partial charge is 0.300 e. The number of hydrogen-bond acceptors (Lipinski definition) is 5. The maximum atomic E-state index is 12.0. The third kappa shape index (κ3) is 3.11. The van der Waals surface area contributed by atoms with Crippen molar-refractivity contribution in [3.05, 3.63) is 0 Å². The van der Waals surface area contributed by atoms with Crippen molar-refractivity contribution < 1.29 is 4.79 Å². The normalized spacial score (nSPS) is 28.8. The molecule has 1 aromatic heterocycles. The Balaban J connectivity index is 1.50. The summed E-state index contributed by atoms with van der Waals surface area (Å²) in [6, 6.07) is 0. The number of thioether (sulfide) groups is 1. The SMILES string of the molecule is CCSc1nnc(NC(=O)C[C@@H]2C[C@@H]3CC[C@@H]2C3)s1. The molecule has 2 fully saturated rings. The van der Waals surface area contributed by atoms with Gasteiger partial charge in [0.15, 0.2) is 4.34 Å². The maximum Gasteiger partial charge on any atom is 0.226 e. The van der Waals surface area contributed by atoms with E-state index in [1.165, 1.54) is 37.0 Å². The molecule has 0 spiro atoms. The van der Waals surface area contributed by atoms with E-state index in [9.17, 15) is 4.79 Å². The Morgan fingerprint density at radius 1 is 1.42 bits per heavy atom. The Hall–Kier alpha value is -0.620. The third-order valence-corrected chi connectivity index (χ3v) is 6.11. The molecule has 0 radical (unpaired) electrons. The molecule has 3 atom stereocenters. The van der Waals surface area contributed by atoms with Gasteiger partial charge in [-0.3, -0.25) is 4.79 Å². The first kappa shape index (κ1) is 13.4. The van der Waals surface area contributed by atoms with E-state index in [2.05, 4.69) is 22.4 Å². The minimum Gasteiger partial charge on any atom is -0.300 e. The highest BCUT2D eigenvalue weighted by Crippen LogP contribution is 2.49. The number of rotatable bonds is 5. The molecule has 104 valence electrons. The van der Waals surface area contributed by atoms with Crippen molar-refractivity contribution in [3.63, 3.8) is 0 Å². The number of hydrogen-bond donors (Lipinski definition) is 1. The molecule has 4 nitrogen and oxygen atoms in total. The Bertz CT molecular complexity index is 462. The maximum absolute atomic E-state index is 12.0. The summed E-state index contributed by atoms with van der Waals surface area (Å²) in [6.07, 6.45) is 5.99. The van der Waals surface area contributed by atoms with Crippen molar-refractivity contribution in [2.75, 3.05) is 11.1 Å². The Morgan fingerprint density at radius 3 is 3.00 bits per heavy atom. The number of amides is 1. The first-order valence-electron chi connectivity index (χ1n) is 7.00. The first-order chi connectivity index (χ1) is 9.24. The fraction of sp³-hybridized carbons (Fsp3) is 0.769. The quantitative estimate of drug-likeness (QED) is 0.668. The molecule has 0 unspecified atom stereocenters. The van der Waals surface area contributed by atoms with E-state index in [0.29, 0.717) is 17.5 Å². The van der Waals surface area contributed by atoms with Gasteiger partial charge in [0.2, 0.25) is 11.0 Å². The minimum absolute atomic E-state index is 0.113. The molecule has 1 heterocycles. The van der Waals surface area contributed by atoms with Gasteiger partial charge in [-0.25, -0.2) is 0 Å². The second kappa shape index (κ2) is 5.79. The van der Waals surface area contributed by atoms with Crippen LogP contribution in [0.1, 0.15) is 39.0 Å².